The number of amides is 4. The quantitative estimate of drug-likeness (QED) is 0.0823. The summed E-state index contributed by atoms with van der Waals surface area (Å²) < 4.78 is 30.4. The van der Waals surface area contributed by atoms with E-state index in [0.29, 0.717) is 41.6 Å². The Morgan fingerprint density at radius 1 is 1.08 bits per heavy atom. The first kappa shape index (κ1) is 56.0. The lowest BCUT2D eigenvalue weighted by Crippen LogP contribution is -2.67. The average molecular weight is 1060 g/mol. The Kier molecular flexibility index (Phi) is 16.5. The fourth-order valence-electron chi connectivity index (χ4n) is 11.2. The first-order valence-electron chi connectivity index (χ1n) is 26.5. The Bertz CT molecular complexity index is 2980. The third-order valence-electron chi connectivity index (χ3n) is 16.1. The number of aromatic nitrogens is 3. The molecular formula is C58H74FN9O7S. The van der Waals surface area contributed by atoms with Crippen LogP contribution in [0.25, 0.3) is 33.4 Å². The predicted molar refractivity (Wildman–Crippen MR) is 291 cm³/mol. The Morgan fingerprint density at radius 3 is 2.43 bits per heavy atom. The number of aryl methyl sites for hydroxylation is 2. The fraction of sp³-hybridized carbons (Fsp3) is 0.569. The van der Waals surface area contributed by atoms with Crippen molar-refractivity contribution in [3.63, 3.8) is 0 Å². The highest BCUT2D eigenvalue weighted by atomic mass is 32.1. The van der Waals surface area contributed by atoms with Crippen molar-refractivity contribution < 1.29 is 37.8 Å². The Morgan fingerprint density at radius 2 is 1.80 bits per heavy atom. The lowest BCUT2D eigenvalue weighted by Gasteiger charge is -2.50. The number of halogens is 1. The Balaban J connectivity index is 1.09. The highest BCUT2D eigenvalue weighted by molar-refractivity contribution is 7.10. The number of rotatable bonds is 18. The highest BCUT2D eigenvalue weighted by Crippen LogP contribution is 2.45. The second kappa shape index (κ2) is 22.4. The lowest BCUT2D eigenvalue weighted by molar-refractivity contribution is -0.155. The normalized spacial score (nSPS) is 19.2. The molecule has 4 fully saturated rings. The van der Waals surface area contributed by atoms with Crippen molar-refractivity contribution in [3.8, 4) is 46.7 Å². The number of hydrogen-bond donors (Lipinski definition) is 2. The van der Waals surface area contributed by atoms with Crippen molar-refractivity contribution in [1.29, 1.82) is 0 Å². The third-order valence-corrected chi connectivity index (χ3v) is 17.0. The molecule has 5 aliphatic rings. The van der Waals surface area contributed by atoms with E-state index in [1.807, 2.05) is 51.2 Å². The van der Waals surface area contributed by atoms with Gasteiger partial charge in [0.25, 0.3) is 24.2 Å². The van der Waals surface area contributed by atoms with Crippen molar-refractivity contribution in [3.05, 3.63) is 57.2 Å². The van der Waals surface area contributed by atoms with Crippen LogP contribution in [0.2, 0.25) is 0 Å². The van der Waals surface area contributed by atoms with Crippen molar-refractivity contribution in [1.82, 2.24) is 45.0 Å². The van der Waals surface area contributed by atoms with E-state index in [9.17, 15) is 24.0 Å². The van der Waals surface area contributed by atoms with Crippen LogP contribution in [-0.2, 0) is 59.3 Å². The Hall–Kier alpha value is -6.18. The summed E-state index contributed by atoms with van der Waals surface area (Å²) in [6.07, 6.45) is 10.9. The number of alkyl halides is 1. The molecule has 406 valence electrons. The zero-order chi connectivity index (χ0) is 55.0. The van der Waals surface area contributed by atoms with E-state index >= 15 is 4.39 Å². The second-order valence-corrected chi connectivity index (χ2v) is 24.0. The van der Waals surface area contributed by atoms with Gasteiger partial charge in [0.05, 0.1) is 45.9 Å². The molecule has 7 heterocycles. The largest absolute Gasteiger partial charge is 0.467 e. The van der Waals surface area contributed by atoms with E-state index in [4.69, 9.17) is 25.9 Å². The van der Waals surface area contributed by atoms with Gasteiger partial charge in [-0.25, -0.2) is 14.8 Å². The average Bonchev–Trinajstić information content (AvgIpc) is 4.04. The maximum Gasteiger partial charge on any atom is 0.298 e. The number of fused-ring (bicyclic) bond motifs is 2. The molecule has 3 saturated heterocycles. The molecule has 2 bridgehead atoms. The van der Waals surface area contributed by atoms with Crippen LogP contribution in [0.5, 0.6) is 0 Å². The molecule has 18 heteroatoms. The van der Waals surface area contributed by atoms with Gasteiger partial charge >= 0.3 is 0 Å². The SMILES string of the molecule is C#Cc1cnc([C@H](C)OC)c(-c2c(CC(C)(C)COC=O)c3cc(-c4csc(C[C@H](NC(=O)[C@H](C(C)C)N(C)C(=O)C5(F)CCN(C(=O)C#CC(C)(C)N(C)C)CC5)C(=O)N5NCC6CC5C6)n4)cc4c3n2CCC4)c1. The van der Waals surface area contributed by atoms with Crippen molar-refractivity contribution in [2.45, 2.75) is 142 Å². The predicted octanol–water partition coefficient (Wildman–Crippen LogP) is 6.51. The number of pyridine rings is 1. The number of nitrogens with zero attached hydrogens (tertiary/aromatic N) is 7. The Labute approximate surface area is 450 Å². The number of benzene rings is 1. The number of hydrogen-bond acceptors (Lipinski definition) is 12. The summed E-state index contributed by atoms with van der Waals surface area (Å²) in [6, 6.07) is 4.17. The van der Waals surface area contributed by atoms with Gasteiger partial charge < -0.3 is 29.2 Å². The number of terminal acetylenes is 1. The van der Waals surface area contributed by atoms with Gasteiger partial charge in [0.2, 0.25) is 5.91 Å². The molecule has 4 amide bonds. The first-order valence-corrected chi connectivity index (χ1v) is 27.4. The zero-order valence-electron chi connectivity index (χ0n) is 46.0. The first-order chi connectivity index (χ1) is 36.0. The van der Waals surface area contributed by atoms with Crippen LogP contribution in [0.15, 0.2) is 29.8 Å². The number of piperidine rings is 1. The maximum atomic E-state index is 16.8. The molecule has 1 aliphatic carbocycles. The molecular weight excluding hydrogens is 986 g/mol. The molecule has 1 saturated carbocycles. The lowest BCUT2D eigenvalue weighted by atomic mass is 9.78. The summed E-state index contributed by atoms with van der Waals surface area (Å²) in [5.41, 5.74) is 8.16. The smallest absolute Gasteiger partial charge is 0.298 e. The molecule has 0 spiro atoms. The van der Waals surface area contributed by atoms with Crippen molar-refractivity contribution in [2.24, 2.45) is 17.3 Å². The molecule has 3 aromatic heterocycles. The monoisotopic (exact) mass is 1060 g/mol. The van der Waals surface area contributed by atoms with E-state index in [2.05, 4.69) is 59.1 Å². The summed E-state index contributed by atoms with van der Waals surface area (Å²) in [6.45, 7) is 15.6. The summed E-state index contributed by atoms with van der Waals surface area (Å²) in [4.78, 5) is 82.5. The number of likely N-dealkylation sites (N-methyl/N-ethyl adjacent to an activating group) is 1. The van der Waals surface area contributed by atoms with E-state index in [0.717, 1.165) is 76.8 Å². The molecule has 4 aliphatic heterocycles. The number of hydrazine groups is 1. The molecule has 0 radical (unpaired) electrons. The molecule has 3 atom stereocenters. The molecule has 2 N–H and O–H groups in total. The number of ether oxygens (including phenoxy) is 2. The van der Waals surface area contributed by atoms with Crippen LogP contribution in [0, 0.1) is 41.4 Å². The number of likely N-dealkylation sites (tertiary alicyclic amines) is 1. The minimum absolute atomic E-state index is 0.00363. The highest BCUT2D eigenvalue weighted by Gasteiger charge is 2.48. The fourth-order valence-corrected chi connectivity index (χ4v) is 12.0. The van der Waals surface area contributed by atoms with E-state index in [-0.39, 0.29) is 57.0 Å². The van der Waals surface area contributed by atoms with Crippen LogP contribution in [0.3, 0.4) is 0 Å². The summed E-state index contributed by atoms with van der Waals surface area (Å²) in [7, 11) is 6.83. The molecule has 1 aromatic carbocycles. The van der Waals surface area contributed by atoms with E-state index in [1.165, 1.54) is 28.2 Å². The number of carbonyl (C=O) groups excluding carboxylic acids is 5. The molecule has 76 heavy (non-hydrogen) atoms. The standard InChI is InChI=1S/C58H74FN9O7S/c1-13-37-25-43(49(60-30-37)36(4)74-12)52-44(29-56(5,6)33-75-34-69)42-27-40(26-39-15-14-20-67(52)51(39)42)46-32-76-47(62-46)28-45(54(72)68-41-23-38(24-41)31-61-68)63-53(71)50(35(2)3)65(11)55(73)58(59)18-21-66(22-19-58)48(70)16-17-57(7,8)64(9)10/h1,25-27,30,32,34-36,38,41,45,50,61H,14-15,18-24,28-29,31,33H2,2-12H3,(H,63,71)/t36-,38?,41?,45-,50-/m0/s1. The van der Waals surface area contributed by atoms with Crippen LogP contribution in [-0.4, -0.2) is 148 Å². The number of thiazole rings is 1. The van der Waals surface area contributed by atoms with Gasteiger partial charge in [0, 0.05) is 105 Å². The molecule has 4 aromatic rings. The van der Waals surface area contributed by atoms with Gasteiger partial charge in [0.1, 0.15) is 12.1 Å². The minimum atomic E-state index is -2.32. The van der Waals surface area contributed by atoms with Crippen LogP contribution in [0.4, 0.5) is 4.39 Å². The minimum Gasteiger partial charge on any atom is -0.467 e. The van der Waals surface area contributed by atoms with Crippen LogP contribution >= 0.6 is 11.3 Å². The molecule has 16 nitrogen and oxygen atoms in total. The van der Waals surface area contributed by atoms with Gasteiger partial charge in [-0.05, 0) is 114 Å². The van der Waals surface area contributed by atoms with Gasteiger partial charge in [-0.3, -0.25) is 38.9 Å². The van der Waals surface area contributed by atoms with Gasteiger partial charge in [0.15, 0.2) is 5.67 Å². The summed E-state index contributed by atoms with van der Waals surface area (Å²) in [5, 5.41) is 8.31. The number of nitrogens with one attached hydrogen (secondary N) is 2. The van der Waals surface area contributed by atoms with Crippen molar-refractivity contribution in [2.75, 3.05) is 54.5 Å². The van der Waals surface area contributed by atoms with Crippen molar-refractivity contribution >= 4 is 52.3 Å². The van der Waals surface area contributed by atoms with Gasteiger partial charge in [-0.1, -0.05) is 39.5 Å². The number of carbonyl (C=O) groups is 5. The number of methoxy groups -OCH3 is 1. The van der Waals surface area contributed by atoms with Gasteiger partial charge in [-0.15, -0.1) is 17.8 Å². The molecule has 0 unspecified atom stereocenters. The summed E-state index contributed by atoms with van der Waals surface area (Å²) >= 11 is 1.40. The van der Waals surface area contributed by atoms with Gasteiger partial charge in [-0.2, -0.15) is 0 Å². The molecule has 9 rings (SSSR count). The van der Waals surface area contributed by atoms with E-state index in [1.54, 1.807) is 32.2 Å². The summed E-state index contributed by atoms with van der Waals surface area (Å²) in [5.74, 6) is 6.32. The van der Waals surface area contributed by atoms with Crippen LogP contribution < -0.4 is 10.7 Å². The maximum absolute atomic E-state index is 16.8. The zero-order valence-corrected chi connectivity index (χ0v) is 46.8. The third kappa shape index (κ3) is 11.4. The van der Waals surface area contributed by atoms with Crippen LogP contribution in [0.1, 0.15) is 114 Å². The van der Waals surface area contributed by atoms with E-state index < -0.39 is 52.3 Å². The second-order valence-electron chi connectivity index (χ2n) is 23.1. The topological polar surface area (TPSA) is 172 Å².